The van der Waals surface area contributed by atoms with Gasteiger partial charge in [-0.05, 0) is 30.0 Å². The SMILES string of the molecule is O=C(Nc1ccccc1)c1nnc2n1C[C@@H]1CN(Cc3ccoc3)C[C@@H]1C2. The summed E-state index contributed by atoms with van der Waals surface area (Å²) < 4.78 is 7.18. The minimum Gasteiger partial charge on any atom is -0.472 e. The topological polar surface area (TPSA) is 76.2 Å². The Kier molecular flexibility index (Phi) is 4.01. The van der Waals surface area contributed by atoms with Crippen LogP contribution in [0.1, 0.15) is 22.0 Å². The Balaban J connectivity index is 1.30. The van der Waals surface area contributed by atoms with Crippen LogP contribution >= 0.6 is 0 Å². The maximum absolute atomic E-state index is 12.7. The number of hydrogen-bond donors (Lipinski definition) is 1. The number of likely N-dealkylation sites (tertiary alicyclic amines) is 1. The third-order valence-electron chi connectivity index (χ3n) is 5.56. The predicted octanol–water partition coefficient (Wildman–Crippen LogP) is 2.43. The first-order valence-electron chi connectivity index (χ1n) is 9.28. The number of furan rings is 1. The Morgan fingerprint density at radius 3 is 2.78 bits per heavy atom. The number of rotatable bonds is 4. The maximum atomic E-state index is 12.7. The summed E-state index contributed by atoms with van der Waals surface area (Å²) >= 11 is 0. The largest absolute Gasteiger partial charge is 0.472 e. The van der Waals surface area contributed by atoms with E-state index in [0.717, 1.165) is 44.1 Å². The molecule has 138 valence electrons. The lowest BCUT2D eigenvalue weighted by Gasteiger charge is -2.25. The van der Waals surface area contributed by atoms with Crippen molar-refractivity contribution in [3.05, 3.63) is 66.1 Å². The van der Waals surface area contributed by atoms with Gasteiger partial charge in [0.15, 0.2) is 0 Å². The van der Waals surface area contributed by atoms with E-state index in [4.69, 9.17) is 4.42 Å². The molecule has 0 spiro atoms. The summed E-state index contributed by atoms with van der Waals surface area (Å²) in [7, 11) is 0. The fourth-order valence-electron chi connectivity index (χ4n) is 4.27. The van der Waals surface area contributed by atoms with Crippen molar-refractivity contribution in [3.63, 3.8) is 0 Å². The van der Waals surface area contributed by atoms with Crippen molar-refractivity contribution < 1.29 is 9.21 Å². The normalized spacial score (nSPS) is 21.6. The van der Waals surface area contributed by atoms with Crippen LogP contribution in [-0.2, 0) is 19.5 Å². The lowest BCUT2D eigenvalue weighted by molar-refractivity contribution is 0.100. The molecule has 5 rings (SSSR count). The molecular weight excluding hydrogens is 342 g/mol. The van der Waals surface area contributed by atoms with Gasteiger partial charge in [0.05, 0.1) is 12.5 Å². The highest BCUT2D eigenvalue weighted by molar-refractivity contribution is 6.01. The number of para-hydroxylation sites is 1. The average Bonchev–Trinajstić information content (AvgIpc) is 3.40. The van der Waals surface area contributed by atoms with Gasteiger partial charge in [-0.2, -0.15) is 0 Å². The van der Waals surface area contributed by atoms with Gasteiger partial charge in [-0.15, -0.1) is 10.2 Å². The third-order valence-corrected chi connectivity index (χ3v) is 5.56. The summed E-state index contributed by atoms with van der Waals surface area (Å²) in [5.41, 5.74) is 1.97. The summed E-state index contributed by atoms with van der Waals surface area (Å²) in [5.74, 6) is 2.20. The fourth-order valence-corrected chi connectivity index (χ4v) is 4.27. The zero-order valence-corrected chi connectivity index (χ0v) is 14.9. The van der Waals surface area contributed by atoms with Gasteiger partial charge in [0, 0.05) is 43.9 Å². The first-order chi connectivity index (χ1) is 13.3. The molecular formula is C20H21N5O2. The van der Waals surface area contributed by atoms with E-state index in [2.05, 4.69) is 20.4 Å². The van der Waals surface area contributed by atoms with E-state index >= 15 is 0 Å². The quantitative estimate of drug-likeness (QED) is 0.770. The molecule has 0 unspecified atom stereocenters. The van der Waals surface area contributed by atoms with Crippen LogP contribution in [0, 0.1) is 11.8 Å². The fraction of sp³-hybridized carbons (Fsp3) is 0.350. The maximum Gasteiger partial charge on any atom is 0.293 e. The predicted molar refractivity (Wildman–Crippen MR) is 99.1 cm³/mol. The minimum absolute atomic E-state index is 0.202. The summed E-state index contributed by atoms with van der Waals surface area (Å²) in [6.45, 7) is 3.78. The number of carbonyl (C=O) groups is 1. The number of hydrogen-bond acceptors (Lipinski definition) is 5. The highest BCUT2D eigenvalue weighted by Crippen LogP contribution is 2.33. The van der Waals surface area contributed by atoms with Crippen LogP contribution < -0.4 is 5.32 Å². The van der Waals surface area contributed by atoms with Gasteiger partial charge in [-0.1, -0.05) is 18.2 Å². The van der Waals surface area contributed by atoms with Crippen molar-refractivity contribution in [2.24, 2.45) is 11.8 Å². The Morgan fingerprint density at radius 2 is 1.96 bits per heavy atom. The molecule has 4 heterocycles. The molecule has 1 amide bonds. The summed E-state index contributed by atoms with van der Waals surface area (Å²) in [4.78, 5) is 15.1. The molecule has 0 saturated carbocycles. The smallest absolute Gasteiger partial charge is 0.293 e. The van der Waals surface area contributed by atoms with E-state index in [9.17, 15) is 4.79 Å². The number of benzene rings is 1. The second-order valence-electron chi connectivity index (χ2n) is 7.42. The minimum atomic E-state index is -0.202. The molecule has 7 heteroatoms. The molecule has 0 radical (unpaired) electrons. The van der Waals surface area contributed by atoms with Crippen LogP contribution in [-0.4, -0.2) is 38.7 Å². The van der Waals surface area contributed by atoms with Crippen LogP contribution in [0.2, 0.25) is 0 Å². The number of fused-ring (bicyclic) bond motifs is 2. The summed E-state index contributed by atoms with van der Waals surface area (Å²) in [6.07, 6.45) is 4.40. The standard InChI is InChI=1S/C20H21N5O2/c26-20(21-17-4-2-1-3-5-17)19-23-22-18-8-15-10-24(9-14-6-7-27-13-14)11-16(15)12-25(18)19/h1-7,13,15-16H,8-12H2,(H,21,26)/t15-,16-/m0/s1. The van der Waals surface area contributed by atoms with Crippen molar-refractivity contribution in [1.82, 2.24) is 19.7 Å². The van der Waals surface area contributed by atoms with E-state index in [1.807, 2.05) is 47.2 Å². The zero-order valence-electron chi connectivity index (χ0n) is 14.9. The van der Waals surface area contributed by atoms with E-state index in [1.54, 1.807) is 6.26 Å². The molecule has 2 aliphatic heterocycles. The van der Waals surface area contributed by atoms with Crippen LogP contribution in [0.4, 0.5) is 5.69 Å². The highest BCUT2D eigenvalue weighted by Gasteiger charge is 2.39. The van der Waals surface area contributed by atoms with E-state index in [1.165, 1.54) is 5.56 Å². The van der Waals surface area contributed by atoms with Crippen molar-refractivity contribution in [2.75, 3.05) is 18.4 Å². The number of nitrogens with one attached hydrogen (secondary N) is 1. The molecule has 1 fully saturated rings. The number of carbonyl (C=O) groups excluding carboxylic acids is 1. The number of anilines is 1. The van der Waals surface area contributed by atoms with Gasteiger partial charge in [0.1, 0.15) is 5.82 Å². The molecule has 1 aromatic carbocycles. The molecule has 1 saturated heterocycles. The third kappa shape index (κ3) is 3.14. The number of amides is 1. The average molecular weight is 363 g/mol. The second kappa shape index (κ2) is 6.66. The van der Waals surface area contributed by atoms with Gasteiger partial charge in [-0.25, -0.2) is 0 Å². The van der Waals surface area contributed by atoms with Crippen molar-refractivity contribution in [1.29, 1.82) is 0 Å². The van der Waals surface area contributed by atoms with Crippen molar-refractivity contribution in [2.45, 2.75) is 19.5 Å². The highest BCUT2D eigenvalue weighted by atomic mass is 16.3. The summed E-state index contributed by atoms with van der Waals surface area (Å²) in [6, 6.07) is 11.5. The zero-order chi connectivity index (χ0) is 18.2. The van der Waals surface area contributed by atoms with Crippen LogP contribution in [0.25, 0.3) is 0 Å². The second-order valence-corrected chi connectivity index (χ2v) is 7.42. The molecule has 0 aliphatic carbocycles. The number of nitrogens with zero attached hydrogens (tertiary/aromatic N) is 4. The number of aromatic nitrogens is 3. The van der Waals surface area contributed by atoms with E-state index in [-0.39, 0.29) is 5.91 Å². The molecule has 2 aromatic heterocycles. The Morgan fingerprint density at radius 1 is 1.11 bits per heavy atom. The van der Waals surface area contributed by atoms with Gasteiger partial charge in [0.2, 0.25) is 5.82 Å². The van der Waals surface area contributed by atoms with Gasteiger partial charge >= 0.3 is 0 Å². The molecule has 7 nitrogen and oxygen atoms in total. The lowest BCUT2D eigenvalue weighted by Crippen LogP contribution is -2.31. The Hall–Kier alpha value is -2.93. The van der Waals surface area contributed by atoms with Crippen molar-refractivity contribution in [3.8, 4) is 0 Å². The van der Waals surface area contributed by atoms with Crippen molar-refractivity contribution >= 4 is 11.6 Å². The summed E-state index contributed by atoms with van der Waals surface area (Å²) in [5, 5.41) is 11.4. The first-order valence-corrected chi connectivity index (χ1v) is 9.28. The molecule has 2 atom stereocenters. The molecule has 0 bridgehead atoms. The van der Waals surface area contributed by atoms with Crippen LogP contribution in [0.3, 0.4) is 0 Å². The lowest BCUT2D eigenvalue weighted by atomic mass is 9.89. The monoisotopic (exact) mass is 363 g/mol. The molecule has 3 aromatic rings. The van der Waals surface area contributed by atoms with Crippen LogP contribution in [0.5, 0.6) is 0 Å². The van der Waals surface area contributed by atoms with E-state index < -0.39 is 0 Å². The van der Waals surface area contributed by atoms with Crippen LogP contribution in [0.15, 0.2) is 53.3 Å². The Labute approximate surface area is 157 Å². The molecule has 27 heavy (non-hydrogen) atoms. The van der Waals surface area contributed by atoms with E-state index in [0.29, 0.717) is 17.7 Å². The molecule has 1 N–H and O–H groups in total. The van der Waals surface area contributed by atoms with Gasteiger partial charge < -0.3 is 14.3 Å². The van der Waals surface area contributed by atoms with Gasteiger partial charge in [-0.3, -0.25) is 9.69 Å². The molecule has 2 aliphatic rings. The first kappa shape index (κ1) is 16.3. The van der Waals surface area contributed by atoms with Gasteiger partial charge in [0.25, 0.3) is 5.91 Å². The Bertz CT molecular complexity index is 935.